The summed E-state index contributed by atoms with van der Waals surface area (Å²) >= 11 is 9.53. The van der Waals surface area contributed by atoms with Crippen LogP contribution in [0.15, 0.2) is 0 Å². The van der Waals surface area contributed by atoms with Crippen LogP contribution < -0.4 is 10.6 Å². The number of amides is 4. The quantitative estimate of drug-likeness (QED) is 0.235. The summed E-state index contributed by atoms with van der Waals surface area (Å²) in [5, 5.41) is 5.01. The van der Waals surface area contributed by atoms with Crippen molar-refractivity contribution >= 4 is 58.8 Å². The molecule has 4 rings (SSSR count). The van der Waals surface area contributed by atoms with Gasteiger partial charge in [-0.05, 0) is 52.4 Å². The number of hydrogen-bond donors (Lipinski definition) is 2. The maximum absolute atomic E-state index is 13.3. The molecule has 4 amide bonds. The van der Waals surface area contributed by atoms with Gasteiger partial charge in [-0.15, -0.1) is 23.2 Å². The van der Waals surface area contributed by atoms with Gasteiger partial charge in [-0.2, -0.15) is 0 Å². The Bertz CT molecular complexity index is 925. The van der Waals surface area contributed by atoms with E-state index >= 15 is 0 Å². The first-order valence-electron chi connectivity index (χ1n) is 11.9. The maximum atomic E-state index is 13.3. The first-order valence-corrected chi connectivity index (χ1v) is 13.0. The van der Waals surface area contributed by atoms with Crippen LogP contribution in [0.4, 0.5) is 0 Å². The van der Waals surface area contributed by atoms with E-state index in [1.165, 1.54) is 0 Å². The van der Waals surface area contributed by atoms with Crippen molar-refractivity contribution in [1.29, 1.82) is 0 Å². The molecular formula is C25H34Cl2N2O7. The van der Waals surface area contributed by atoms with Crippen molar-refractivity contribution in [2.24, 2.45) is 32.5 Å². The molecule has 4 aliphatic rings. The molecule has 2 saturated heterocycles. The number of esters is 2. The maximum Gasteiger partial charge on any atom is 0.319 e. The Kier molecular flexibility index (Phi) is 6.98. The van der Waals surface area contributed by atoms with Crippen molar-refractivity contribution in [3.8, 4) is 0 Å². The van der Waals surface area contributed by atoms with Crippen molar-refractivity contribution in [1.82, 2.24) is 10.6 Å². The molecule has 0 aromatic rings. The highest BCUT2D eigenvalue weighted by molar-refractivity contribution is 6.40. The third-order valence-electron chi connectivity index (χ3n) is 8.50. The summed E-state index contributed by atoms with van der Waals surface area (Å²) in [4.78, 5) is 76.8. The molecule has 4 bridgehead atoms. The van der Waals surface area contributed by atoms with E-state index in [-0.39, 0.29) is 31.0 Å². The van der Waals surface area contributed by atoms with Gasteiger partial charge in [-0.25, -0.2) is 0 Å². The number of fused-ring (bicyclic) bond motifs is 4. The van der Waals surface area contributed by atoms with Crippen LogP contribution in [0, 0.1) is 32.5 Å². The Balaban J connectivity index is 0.00000115. The van der Waals surface area contributed by atoms with Gasteiger partial charge >= 0.3 is 11.9 Å². The molecule has 2 aliphatic heterocycles. The lowest BCUT2D eigenvalue weighted by Crippen LogP contribution is -2.64. The number of carbonyl (C=O) groups is 6. The average Bonchev–Trinajstić information content (AvgIpc) is 2.70. The van der Waals surface area contributed by atoms with E-state index in [2.05, 4.69) is 10.6 Å². The summed E-state index contributed by atoms with van der Waals surface area (Å²) in [6.07, 6.45) is 1.24. The van der Waals surface area contributed by atoms with E-state index in [1.54, 1.807) is 41.5 Å². The van der Waals surface area contributed by atoms with Gasteiger partial charge in [0, 0.05) is 21.7 Å². The zero-order valence-corrected chi connectivity index (χ0v) is 23.1. The molecular weight excluding hydrogens is 511 g/mol. The second-order valence-corrected chi connectivity index (χ2v) is 13.6. The molecule has 36 heavy (non-hydrogen) atoms. The molecule has 0 radical (unpaired) electrons. The third kappa shape index (κ3) is 4.57. The summed E-state index contributed by atoms with van der Waals surface area (Å²) in [7, 11) is 0. The molecule has 0 aromatic heterocycles. The van der Waals surface area contributed by atoms with Crippen molar-refractivity contribution in [2.75, 3.05) is 5.34 Å². The Morgan fingerprint density at radius 3 is 1.06 bits per heavy atom. The van der Waals surface area contributed by atoms with E-state index in [1.807, 2.05) is 0 Å². The number of piperidine rings is 2. The lowest BCUT2D eigenvalue weighted by Gasteiger charge is -2.53. The molecule has 2 heterocycles. The Morgan fingerprint density at radius 1 is 0.611 bits per heavy atom. The van der Waals surface area contributed by atoms with Gasteiger partial charge in [-0.1, -0.05) is 27.7 Å². The van der Waals surface area contributed by atoms with Crippen LogP contribution in [0.3, 0.4) is 0 Å². The second-order valence-electron chi connectivity index (χ2n) is 12.8. The van der Waals surface area contributed by atoms with E-state index in [9.17, 15) is 28.8 Å². The number of carbonyl (C=O) groups excluding carboxylic acids is 6. The van der Waals surface area contributed by atoms with Crippen LogP contribution in [0.5, 0.6) is 0 Å². The summed E-state index contributed by atoms with van der Waals surface area (Å²) in [6.45, 7) is 10.1. The predicted octanol–water partition coefficient (Wildman–Crippen LogP) is 3.20. The zero-order chi connectivity index (χ0) is 27.5. The predicted molar refractivity (Wildman–Crippen MR) is 130 cm³/mol. The lowest BCUT2D eigenvalue weighted by molar-refractivity contribution is -0.187. The highest BCUT2D eigenvalue weighted by Crippen LogP contribution is 2.59. The van der Waals surface area contributed by atoms with Gasteiger partial charge in [0.05, 0.1) is 16.2 Å². The van der Waals surface area contributed by atoms with Gasteiger partial charge in [-0.3, -0.25) is 39.4 Å². The van der Waals surface area contributed by atoms with Gasteiger partial charge < -0.3 is 4.74 Å². The normalized spacial score (nSPS) is 43.4. The molecule has 200 valence electrons. The van der Waals surface area contributed by atoms with E-state index < -0.39 is 68.1 Å². The highest BCUT2D eigenvalue weighted by Gasteiger charge is 2.64. The summed E-state index contributed by atoms with van der Waals surface area (Å²) in [5.74, 6) is -3.26. The summed E-state index contributed by atoms with van der Waals surface area (Å²) in [6, 6.07) is 0. The fraction of sp³-hybridized carbons (Fsp3) is 0.760. The molecule has 4 fully saturated rings. The van der Waals surface area contributed by atoms with Crippen molar-refractivity contribution < 1.29 is 33.5 Å². The van der Waals surface area contributed by atoms with Crippen LogP contribution >= 0.6 is 23.2 Å². The van der Waals surface area contributed by atoms with Crippen LogP contribution in [0.1, 0.15) is 80.1 Å². The standard InChI is InChI=1S/C24H32N2O7.CH2Cl2/c1-19-7-20(2,14(28)25-13(19)27)10-23(5,9-19)17(31)33-18(32)24(6)11-21(3)8-22(4,12-24)16(30)26-15(21)29;2-1-3/h7-12H2,1-6H3,(H,25,27,28)(H,26,29,30);1H2/t19-,20+,21-,22+,23?,24?;. The van der Waals surface area contributed by atoms with Crippen molar-refractivity contribution in [3.63, 3.8) is 0 Å². The third-order valence-corrected chi connectivity index (χ3v) is 8.50. The average molecular weight is 545 g/mol. The number of rotatable bonds is 2. The summed E-state index contributed by atoms with van der Waals surface area (Å²) in [5.41, 5.74) is -6.17. The van der Waals surface area contributed by atoms with E-state index in [4.69, 9.17) is 27.9 Å². The molecule has 0 spiro atoms. The minimum Gasteiger partial charge on any atom is -0.392 e. The first-order chi connectivity index (χ1) is 16.3. The minimum atomic E-state index is -1.22. The lowest BCUT2D eigenvalue weighted by atomic mass is 9.52. The summed E-state index contributed by atoms with van der Waals surface area (Å²) < 4.78 is 5.42. The van der Waals surface area contributed by atoms with Crippen LogP contribution in [-0.2, 0) is 33.5 Å². The number of ether oxygens (including phenoxy) is 1. The molecule has 0 aromatic carbocycles. The molecule has 2 N–H and O–H groups in total. The number of imide groups is 2. The van der Waals surface area contributed by atoms with Crippen LogP contribution in [-0.4, -0.2) is 40.9 Å². The SMILES string of the molecule is CC1(C(=O)OC(=O)C2(C)C[C@@]3(C)C[C@@](C)(C2)C(=O)NC3=O)C[C@@]2(C)C[C@@](C)(C1)C(=O)NC2=O.ClCCl. The van der Waals surface area contributed by atoms with Crippen molar-refractivity contribution in [3.05, 3.63) is 0 Å². The molecule has 6 atom stereocenters. The molecule has 2 aliphatic carbocycles. The fourth-order valence-electron chi connectivity index (χ4n) is 7.61. The van der Waals surface area contributed by atoms with E-state index in [0.717, 1.165) is 0 Å². The number of alkyl halides is 2. The van der Waals surface area contributed by atoms with Gasteiger partial charge in [0.25, 0.3) is 0 Å². The van der Waals surface area contributed by atoms with Crippen molar-refractivity contribution in [2.45, 2.75) is 80.1 Å². The number of nitrogens with one attached hydrogen (secondary N) is 2. The molecule has 2 unspecified atom stereocenters. The van der Waals surface area contributed by atoms with Gasteiger partial charge in [0.1, 0.15) is 0 Å². The Hall–Kier alpha value is -2.00. The minimum absolute atomic E-state index is 0.147. The molecule has 2 saturated carbocycles. The Labute approximate surface area is 220 Å². The molecule has 9 nitrogen and oxygen atoms in total. The van der Waals surface area contributed by atoms with E-state index in [0.29, 0.717) is 12.8 Å². The molecule has 11 heteroatoms. The topological polar surface area (TPSA) is 136 Å². The smallest absolute Gasteiger partial charge is 0.319 e. The van der Waals surface area contributed by atoms with Crippen LogP contribution in [0.25, 0.3) is 0 Å². The monoisotopic (exact) mass is 544 g/mol. The first kappa shape index (κ1) is 28.6. The van der Waals surface area contributed by atoms with Crippen LogP contribution in [0.2, 0.25) is 0 Å². The fourth-order valence-corrected chi connectivity index (χ4v) is 7.61. The van der Waals surface area contributed by atoms with Gasteiger partial charge in [0.15, 0.2) is 0 Å². The number of hydrogen-bond acceptors (Lipinski definition) is 7. The largest absolute Gasteiger partial charge is 0.392 e. The number of halogens is 2. The van der Waals surface area contributed by atoms with Gasteiger partial charge in [0.2, 0.25) is 23.6 Å². The Morgan fingerprint density at radius 2 is 0.833 bits per heavy atom. The second kappa shape index (κ2) is 8.79. The zero-order valence-electron chi connectivity index (χ0n) is 21.6. The highest BCUT2D eigenvalue weighted by atomic mass is 35.5.